The maximum atomic E-state index is 12.3. The molecule has 2 unspecified atom stereocenters. The molecule has 1 saturated heterocycles. The maximum absolute atomic E-state index is 12.3. The van der Waals surface area contributed by atoms with Gasteiger partial charge >= 0.3 is 5.97 Å². The van der Waals surface area contributed by atoms with E-state index in [0.29, 0.717) is 12.1 Å². The zero-order chi connectivity index (χ0) is 14.7. The van der Waals surface area contributed by atoms with E-state index in [1.54, 1.807) is 24.3 Å². The Labute approximate surface area is 116 Å². The molecule has 1 fully saturated rings. The van der Waals surface area contributed by atoms with Crippen LogP contribution in [0, 0.1) is 5.92 Å². The highest BCUT2D eigenvalue weighted by molar-refractivity contribution is 6.47. The van der Waals surface area contributed by atoms with Gasteiger partial charge in [0.15, 0.2) is 5.71 Å². The lowest BCUT2D eigenvalue weighted by Gasteiger charge is -2.25. The highest BCUT2D eigenvalue weighted by atomic mass is 16.4. The van der Waals surface area contributed by atoms with Crippen molar-refractivity contribution >= 4 is 23.3 Å². The fourth-order valence-electron chi connectivity index (χ4n) is 2.70. The summed E-state index contributed by atoms with van der Waals surface area (Å²) in [5, 5.41) is 21.1. The number of carboxylic acid groups (broad SMARTS) is 1. The van der Waals surface area contributed by atoms with Crippen LogP contribution in [0.1, 0.15) is 19.8 Å². The molecule has 2 atom stereocenters. The van der Waals surface area contributed by atoms with Crippen molar-refractivity contribution in [1.82, 2.24) is 0 Å². The molecule has 1 aliphatic heterocycles. The van der Waals surface area contributed by atoms with Crippen molar-refractivity contribution in [2.45, 2.75) is 25.8 Å². The molecule has 6 heteroatoms. The summed E-state index contributed by atoms with van der Waals surface area (Å²) in [7, 11) is 0. The molecule has 1 aromatic carbocycles. The molecule has 1 aromatic rings. The van der Waals surface area contributed by atoms with Crippen molar-refractivity contribution in [3.63, 3.8) is 0 Å². The van der Waals surface area contributed by atoms with E-state index in [2.05, 4.69) is 5.16 Å². The maximum Gasteiger partial charge on any atom is 0.304 e. The number of hydrogen-bond donors (Lipinski definition) is 2. The average Bonchev–Trinajstić information content (AvgIpc) is 2.70. The van der Waals surface area contributed by atoms with E-state index in [1.807, 2.05) is 13.0 Å². The van der Waals surface area contributed by atoms with Crippen LogP contribution >= 0.6 is 0 Å². The number of carbonyl (C=O) groups is 2. The minimum Gasteiger partial charge on any atom is -0.481 e. The third kappa shape index (κ3) is 2.36. The summed E-state index contributed by atoms with van der Waals surface area (Å²) >= 11 is 0. The summed E-state index contributed by atoms with van der Waals surface area (Å²) in [4.78, 5) is 24.8. The lowest BCUT2D eigenvalue weighted by atomic mass is 9.93. The Morgan fingerprint density at radius 1 is 1.35 bits per heavy atom. The highest BCUT2D eigenvalue weighted by Crippen LogP contribution is 2.33. The Kier molecular flexibility index (Phi) is 4.02. The molecular weight excluding hydrogens is 260 g/mol. The number of hydrogen-bond acceptors (Lipinski definition) is 4. The predicted octanol–water partition coefficient (Wildman–Crippen LogP) is 1.73. The van der Waals surface area contributed by atoms with Gasteiger partial charge in [0.2, 0.25) is 0 Å². The van der Waals surface area contributed by atoms with E-state index in [-0.39, 0.29) is 18.2 Å². The van der Waals surface area contributed by atoms with Crippen molar-refractivity contribution in [2.75, 3.05) is 4.90 Å². The van der Waals surface area contributed by atoms with Crippen LogP contribution in [0.5, 0.6) is 0 Å². The molecule has 0 saturated carbocycles. The second-order valence-corrected chi connectivity index (χ2v) is 4.68. The number of para-hydroxylation sites is 1. The molecule has 0 bridgehead atoms. The smallest absolute Gasteiger partial charge is 0.304 e. The van der Waals surface area contributed by atoms with Gasteiger partial charge in [0.25, 0.3) is 5.91 Å². The quantitative estimate of drug-likeness (QED) is 0.647. The van der Waals surface area contributed by atoms with E-state index >= 15 is 0 Å². The van der Waals surface area contributed by atoms with Crippen molar-refractivity contribution in [2.24, 2.45) is 11.1 Å². The number of aliphatic carboxylic acids is 1. The Hall–Kier alpha value is -2.37. The zero-order valence-electron chi connectivity index (χ0n) is 11.1. The number of anilines is 1. The van der Waals surface area contributed by atoms with Crippen LogP contribution in [0.3, 0.4) is 0 Å². The Morgan fingerprint density at radius 3 is 2.50 bits per heavy atom. The topological polar surface area (TPSA) is 90.2 Å². The fraction of sp³-hybridized carbons (Fsp3) is 0.357. The first-order valence-corrected chi connectivity index (χ1v) is 6.42. The normalized spacial score (nSPS) is 24.4. The van der Waals surface area contributed by atoms with Crippen molar-refractivity contribution in [3.8, 4) is 0 Å². The van der Waals surface area contributed by atoms with Crippen molar-refractivity contribution in [1.29, 1.82) is 0 Å². The van der Waals surface area contributed by atoms with Crippen LogP contribution in [0.4, 0.5) is 5.69 Å². The number of carbonyl (C=O) groups excluding carboxylic acids is 1. The highest BCUT2D eigenvalue weighted by Gasteiger charge is 2.46. The van der Waals surface area contributed by atoms with Gasteiger partial charge in [-0.3, -0.25) is 9.59 Å². The van der Waals surface area contributed by atoms with E-state index in [9.17, 15) is 9.59 Å². The molecule has 1 amide bonds. The first-order chi connectivity index (χ1) is 9.60. The van der Waals surface area contributed by atoms with E-state index in [1.165, 1.54) is 4.90 Å². The molecule has 0 aliphatic carbocycles. The summed E-state index contributed by atoms with van der Waals surface area (Å²) in [5.41, 5.74) is 0.599. The lowest BCUT2D eigenvalue weighted by Crippen LogP contribution is -2.35. The molecule has 0 spiro atoms. The summed E-state index contributed by atoms with van der Waals surface area (Å²) < 4.78 is 0. The molecule has 2 N–H and O–H groups in total. The van der Waals surface area contributed by atoms with Gasteiger partial charge in [0.1, 0.15) is 0 Å². The van der Waals surface area contributed by atoms with Gasteiger partial charge in [0, 0.05) is 17.6 Å². The van der Waals surface area contributed by atoms with Crippen LogP contribution in [0.25, 0.3) is 0 Å². The van der Waals surface area contributed by atoms with E-state index in [0.717, 1.165) is 0 Å². The minimum atomic E-state index is -1.02. The van der Waals surface area contributed by atoms with Gasteiger partial charge in [-0.1, -0.05) is 30.3 Å². The second-order valence-electron chi connectivity index (χ2n) is 4.68. The molecule has 0 radical (unpaired) electrons. The number of carboxylic acids is 1. The largest absolute Gasteiger partial charge is 0.481 e. The van der Waals surface area contributed by atoms with E-state index < -0.39 is 17.8 Å². The second kappa shape index (κ2) is 5.73. The van der Waals surface area contributed by atoms with Gasteiger partial charge < -0.3 is 15.2 Å². The number of oxime groups is 1. The molecule has 106 valence electrons. The fourth-order valence-corrected chi connectivity index (χ4v) is 2.70. The first-order valence-electron chi connectivity index (χ1n) is 6.42. The molecule has 1 aliphatic rings. The molecular formula is C14H16N2O4. The Morgan fingerprint density at radius 2 is 2.00 bits per heavy atom. The third-order valence-corrected chi connectivity index (χ3v) is 3.54. The number of amides is 1. The van der Waals surface area contributed by atoms with Crippen molar-refractivity contribution in [3.05, 3.63) is 30.3 Å². The lowest BCUT2D eigenvalue weighted by molar-refractivity contribution is -0.137. The molecule has 2 rings (SSSR count). The number of nitrogens with zero attached hydrogens (tertiary/aromatic N) is 2. The predicted molar refractivity (Wildman–Crippen MR) is 73.0 cm³/mol. The molecule has 0 aromatic heterocycles. The van der Waals surface area contributed by atoms with Crippen LogP contribution in [-0.4, -0.2) is 33.9 Å². The number of benzene rings is 1. The SMILES string of the molecule is CCC1C(CC(=O)O)C(=NO)C(=O)N1c1ccccc1. The van der Waals surface area contributed by atoms with E-state index in [4.69, 9.17) is 10.3 Å². The van der Waals surface area contributed by atoms with Crippen LogP contribution in [-0.2, 0) is 9.59 Å². The number of rotatable bonds is 4. The summed E-state index contributed by atoms with van der Waals surface area (Å²) in [5.74, 6) is -2.05. The molecule has 20 heavy (non-hydrogen) atoms. The Balaban J connectivity index is 2.43. The van der Waals surface area contributed by atoms with Crippen LogP contribution < -0.4 is 4.90 Å². The summed E-state index contributed by atoms with van der Waals surface area (Å²) in [6.45, 7) is 1.88. The van der Waals surface area contributed by atoms with Gasteiger partial charge in [-0.05, 0) is 18.6 Å². The Bertz CT molecular complexity index is 541. The first kappa shape index (κ1) is 14.0. The average molecular weight is 276 g/mol. The van der Waals surface area contributed by atoms with Gasteiger partial charge in [-0.2, -0.15) is 0 Å². The van der Waals surface area contributed by atoms with Crippen LogP contribution in [0.15, 0.2) is 35.5 Å². The zero-order valence-corrected chi connectivity index (χ0v) is 11.1. The molecule has 1 heterocycles. The van der Waals surface area contributed by atoms with Crippen LogP contribution in [0.2, 0.25) is 0 Å². The molecule has 6 nitrogen and oxygen atoms in total. The van der Waals surface area contributed by atoms with Gasteiger partial charge in [-0.25, -0.2) is 0 Å². The van der Waals surface area contributed by atoms with Crippen molar-refractivity contribution < 1.29 is 19.9 Å². The monoisotopic (exact) mass is 276 g/mol. The summed E-state index contributed by atoms with van der Waals surface area (Å²) in [6, 6.07) is 8.68. The third-order valence-electron chi connectivity index (χ3n) is 3.54. The minimum absolute atomic E-state index is 0.0805. The standard InChI is InChI=1S/C14H16N2O4/c1-2-11-10(8-12(17)18)13(15-20)14(19)16(11)9-6-4-3-5-7-9/h3-7,10-11,20H,2,8H2,1H3,(H,17,18). The van der Waals surface area contributed by atoms with Gasteiger partial charge in [-0.15, -0.1) is 0 Å². The summed E-state index contributed by atoms with van der Waals surface area (Å²) in [6.07, 6.45) is 0.352. The van der Waals surface area contributed by atoms with Gasteiger partial charge in [0.05, 0.1) is 6.42 Å².